The van der Waals surface area contributed by atoms with Crippen LogP contribution in [0.2, 0.25) is 0 Å². The molecule has 1 saturated heterocycles. The molecule has 0 radical (unpaired) electrons. The van der Waals surface area contributed by atoms with Crippen molar-refractivity contribution in [1.82, 2.24) is 20.1 Å². The molecule has 4 heteroatoms. The molecular formula is C11H18N4. The van der Waals surface area contributed by atoms with Gasteiger partial charge in [-0.25, -0.2) is 0 Å². The summed E-state index contributed by atoms with van der Waals surface area (Å²) >= 11 is 0. The second kappa shape index (κ2) is 3.59. The van der Waals surface area contributed by atoms with Gasteiger partial charge in [0.15, 0.2) is 0 Å². The highest BCUT2D eigenvalue weighted by Gasteiger charge is 2.35. The fourth-order valence-corrected chi connectivity index (χ4v) is 2.70. The third-order valence-electron chi connectivity index (χ3n) is 3.74. The van der Waals surface area contributed by atoms with Crippen LogP contribution in [0.1, 0.15) is 37.4 Å². The minimum absolute atomic E-state index is 0.615. The Kier molecular flexibility index (Phi) is 2.24. The summed E-state index contributed by atoms with van der Waals surface area (Å²) < 4.78 is 2.07. The zero-order chi connectivity index (χ0) is 10.3. The van der Waals surface area contributed by atoms with Crippen molar-refractivity contribution in [3.05, 3.63) is 12.2 Å². The number of nitrogens with zero attached hydrogens (tertiary/aromatic N) is 3. The van der Waals surface area contributed by atoms with Crippen LogP contribution in [-0.4, -0.2) is 27.4 Å². The van der Waals surface area contributed by atoms with Crippen LogP contribution in [0.4, 0.5) is 0 Å². The molecule has 4 nitrogen and oxygen atoms in total. The van der Waals surface area contributed by atoms with Crippen LogP contribution in [0.25, 0.3) is 0 Å². The summed E-state index contributed by atoms with van der Waals surface area (Å²) in [6, 6.07) is 0.737. The van der Waals surface area contributed by atoms with E-state index in [1.807, 2.05) is 13.4 Å². The van der Waals surface area contributed by atoms with Gasteiger partial charge in [-0.3, -0.25) is 0 Å². The normalized spacial score (nSPS) is 31.8. The van der Waals surface area contributed by atoms with E-state index in [1.165, 1.54) is 31.5 Å². The number of aromatic nitrogens is 3. The molecular weight excluding hydrogens is 188 g/mol. The lowest BCUT2D eigenvalue weighted by atomic mass is 9.89. The molecule has 0 spiro atoms. The average molecular weight is 206 g/mol. The molecule has 1 aromatic rings. The van der Waals surface area contributed by atoms with Crippen LogP contribution < -0.4 is 5.32 Å². The van der Waals surface area contributed by atoms with Gasteiger partial charge in [-0.05, 0) is 38.1 Å². The predicted octanol–water partition coefficient (Wildman–Crippen LogP) is 1.06. The molecule has 1 saturated carbocycles. The Morgan fingerprint density at radius 1 is 1.40 bits per heavy atom. The Morgan fingerprint density at radius 2 is 2.27 bits per heavy atom. The first kappa shape index (κ1) is 9.33. The van der Waals surface area contributed by atoms with E-state index in [9.17, 15) is 0 Å². The summed E-state index contributed by atoms with van der Waals surface area (Å²) in [4.78, 5) is 0. The second-order valence-electron chi connectivity index (χ2n) is 4.92. The van der Waals surface area contributed by atoms with E-state index in [1.54, 1.807) is 0 Å². The summed E-state index contributed by atoms with van der Waals surface area (Å²) in [5.41, 5.74) is 0. The van der Waals surface area contributed by atoms with Gasteiger partial charge < -0.3 is 9.88 Å². The maximum Gasteiger partial charge on any atom is 0.135 e. The smallest absolute Gasteiger partial charge is 0.135 e. The highest BCUT2D eigenvalue weighted by atomic mass is 15.2. The van der Waals surface area contributed by atoms with Crippen LogP contribution in [-0.2, 0) is 7.05 Å². The first-order valence-electron chi connectivity index (χ1n) is 5.92. The zero-order valence-corrected chi connectivity index (χ0v) is 9.19. The second-order valence-corrected chi connectivity index (χ2v) is 4.92. The Hall–Kier alpha value is -0.900. The number of nitrogens with one attached hydrogen (secondary N) is 1. The zero-order valence-electron chi connectivity index (χ0n) is 9.19. The molecule has 2 fully saturated rings. The monoisotopic (exact) mass is 206 g/mol. The third kappa shape index (κ3) is 1.78. The van der Waals surface area contributed by atoms with Gasteiger partial charge >= 0.3 is 0 Å². The van der Waals surface area contributed by atoms with Gasteiger partial charge in [0.25, 0.3) is 0 Å². The molecule has 2 aliphatic rings. The molecule has 1 N–H and O–H groups in total. The van der Waals surface area contributed by atoms with E-state index in [-0.39, 0.29) is 0 Å². The first-order valence-corrected chi connectivity index (χ1v) is 5.92. The molecule has 0 aromatic carbocycles. The van der Waals surface area contributed by atoms with Crippen LogP contribution in [0.5, 0.6) is 0 Å². The topological polar surface area (TPSA) is 42.7 Å². The SMILES string of the molecule is Cn1cnnc1[C@@H]1CCNC(C2CC2)C1. The number of piperidine rings is 1. The first-order chi connectivity index (χ1) is 7.34. The minimum atomic E-state index is 0.615. The average Bonchev–Trinajstić information content (AvgIpc) is 3.02. The number of hydrogen-bond donors (Lipinski definition) is 1. The Morgan fingerprint density at radius 3 is 2.93 bits per heavy atom. The lowest BCUT2D eigenvalue weighted by Crippen LogP contribution is -2.39. The van der Waals surface area contributed by atoms with Gasteiger partial charge in [-0.15, -0.1) is 10.2 Å². The van der Waals surface area contributed by atoms with Crippen molar-refractivity contribution in [3.63, 3.8) is 0 Å². The molecule has 2 atom stereocenters. The van der Waals surface area contributed by atoms with Crippen LogP contribution in [0, 0.1) is 5.92 Å². The number of hydrogen-bond acceptors (Lipinski definition) is 3. The molecule has 3 rings (SSSR count). The molecule has 1 aromatic heterocycles. The fraction of sp³-hybridized carbons (Fsp3) is 0.818. The Balaban J connectivity index is 1.73. The van der Waals surface area contributed by atoms with Crippen molar-refractivity contribution in [2.24, 2.45) is 13.0 Å². The van der Waals surface area contributed by atoms with Gasteiger partial charge in [0.1, 0.15) is 12.2 Å². The lowest BCUT2D eigenvalue weighted by Gasteiger charge is -2.29. The molecule has 15 heavy (non-hydrogen) atoms. The summed E-state index contributed by atoms with van der Waals surface area (Å²) in [6.07, 6.45) is 7.10. The van der Waals surface area contributed by atoms with Crippen molar-refractivity contribution >= 4 is 0 Å². The van der Waals surface area contributed by atoms with E-state index in [2.05, 4.69) is 20.1 Å². The third-order valence-corrected chi connectivity index (χ3v) is 3.74. The van der Waals surface area contributed by atoms with E-state index in [0.717, 1.165) is 18.5 Å². The highest BCUT2D eigenvalue weighted by Crippen LogP contribution is 2.39. The molecule has 82 valence electrons. The maximum absolute atomic E-state index is 4.24. The molecule has 1 aliphatic heterocycles. The van der Waals surface area contributed by atoms with Gasteiger partial charge in [0.05, 0.1) is 0 Å². The van der Waals surface area contributed by atoms with Crippen molar-refractivity contribution in [1.29, 1.82) is 0 Å². The van der Waals surface area contributed by atoms with Crippen molar-refractivity contribution < 1.29 is 0 Å². The molecule has 1 aliphatic carbocycles. The van der Waals surface area contributed by atoms with Gasteiger partial charge in [0.2, 0.25) is 0 Å². The number of aryl methyl sites for hydroxylation is 1. The Labute approximate surface area is 90.1 Å². The minimum Gasteiger partial charge on any atom is -0.320 e. The molecule has 0 amide bonds. The standard InChI is InChI=1S/C11H18N4/c1-15-7-13-14-11(15)9-4-5-12-10(6-9)8-2-3-8/h7-10,12H,2-6H2,1H3/t9-,10?/m1/s1. The van der Waals surface area contributed by atoms with Gasteiger partial charge in [-0.1, -0.05) is 0 Å². The van der Waals surface area contributed by atoms with Crippen LogP contribution in [0.15, 0.2) is 6.33 Å². The van der Waals surface area contributed by atoms with E-state index >= 15 is 0 Å². The molecule has 2 heterocycles. The summed E-state index contributed by atoms with van der Waals surface area (Å²) in [7, 11) is 2.05. The van der Waals surface area contributed by atoms with E-state index in [0.29, 0.717) is 5.92 Å². The maximum atomic E-state index is 4.24. The van der Waals surface area contributed by atoms with Crippen molar-refractivity contribution in [2.75, 3.05) is 6.54 Å². The Bertz CT molecular complexity index is 342. The van der Waals surface area contributed by atoms with Crippen molar-refractivity contribution in [3.8, 4) is 0 Å². The fourth-order valence-electron chi connectivity index (χ4n) is 2.70. The van der Waals surface area contributed by atoms with Crippen molar-refractivity contribution in [2.45, 2.75) is 37.6 Å². The quantitative estimate of drug-likeness (QED) is 0.787. The largest absolute Gasteiger partial charge is 0.320 e. The van der Waals surface area contributed by atoms with Gasteiger partial charge in [-0.2, -0.15) is 0 Å². The predicted molar refractivity (Wildman–Crippen MR) is 57.5 cm³/mol. The molecule has 1 unspecified atom stereocenters. The lowest BCUT2D eigenvalue weighted by molar-refractivity contribution is 0.323. The number of rotatable bonds is 2. The highest BCUT2D eigenvalue weighted by molar-refractivity contribution is 5.02. The van der Waals surface area contributed by atoms with Crippen LogP contribution in [0.3, 0.4) is 0 Å². The van der Waals surface area contributed by atoms with E-state index in [4.69, 9.17) is 0 Å². The summed E-state index contributed by atoms with van der Waals surface area (Å²) in [5, 5.41) is 11.8. The summed E-state index contributed by atoms with van der Waals surface area (Å²) in [5.74, 6) is 2.73. The summed E-state index contributed by atoms with van der Waals surface area (Å²) in [6.45, 7) is 1.14. The van der Waals surface area contributed by atoms with E-state index < -0.39 is 0 Å². The molecule has 0 bridgehead atoms. The van der Waals surface area contributed by atoms with Crippen LogP contribution >= 0.6 is 0 Å². The van der Waals surface area contributed by atoms with Gasteiger partial charge in [0, 0.05) is 19.0 Å².